The van der Waals surface area contributed by atoms with Crippen LogP contribution in [0, 0.1) is 22.7 Å². The van der Waals surface area contributed by atoms with Crippen molar-refractivity contribution >= 4 is 109 Å². The Morgan fingerprint density at radius 1 is 0.257 bits per heavy atom. The number of aromatic nitrogens is 4. The van der Waals surface area contributed by atoms with Crippen LogP contribution < -0.4 is 0 Å². The van der Waals surface area contributed by atoms with Gasteiger partial charge >= 0.3 is 0 Å². The summed E-state index contributed by atoms with van der Waals surface area (Å²) in [6.45, 7) is 0. The van der Waals surface area contributed by atoms with Crippen LogP contribution in [0.2, 0.25) is 0 Å². The van der Waals surface area contributed by atoms with E-state index in [1.165, 1.54) is 10.8 Å². The summed E-state index contributed by atoms with van der Waals surface area (Å²) in [5.41, 5.74) is 12.5. The van der Waals surface area contributed by atoms with E-state index in [0.29, 0.717) is 22.5 Å². The number of fused-ring (bicyclic) bond motifs is 16. The lowest BCUT2D eigenvalue weighted by Crippen LogP contribution is -2.04. The highest BCUT2D eigenvalue weighted by atomic mass is 15.0. The third-order valence-electron chi connectivity index (χ3n) is 14.8. The van der Waals surface area contributed by atoms with Crippen LogP contribution in [0.1, 0.15) is 11.1 Å². The summed E-state index contributed by atoms with van der Waals surface area (Å²) < 4.78 is 9.10. The summed E-state index contributed by atoms with van der Waals surface area (Å²) in [5, 5.41) is 36.4. The normalized spacial score (nSPS) is 12.0. The summed E-state index contributed by atoms with van der Waals surface area (Å²) in [6.07, 6.45) is 0. The number of para-hydroxylation sites is 4. The molecular formula is C64H36N6. The molecule has 15 rings (SSSR count). The lowest BCUT2D eigenvalue weighted by Gasteiger charge is -2.16. The van der Waals surface area contributed by atoms with E-state index in [-0.39, 0.29) is 0 Å². The zero-order valence-electron chi connectivity index (χ0n) is 37.5. The summed E-state index contributed by atoms with van der Waals surface area (Å²) in [5.74, 6) is 0. The molecule has 6 nitrogen and oxygen atoms in total. The number of nitriles is 2. The summed E-state index contributed by atoms with van der Waals surface area (Å²) in [7, 11) is 0. The molecule has 0 amide bonds. The molecule has 0 spiro atoms. The van der Waals surface area contributed by atoms with E-state index in [1.54, 1.807) is 0 Å². The molecule has 0 fully saturated rings. The van der Waals surface area contributed by atoms with Gasteiger partial charge in [-0.1, -0.05) is 133 Å². The lowest BCUT2D eigenvalue weighted by molar-refractivity contribution is 1.12. The molecule has 0 aliphatic heterocycles. The second kappa shape index (κ2) is 14.3. The predicted octanol–water partition coefficient (Wildman–Crippen LogP) is 16.1. The molecule has 11 aromatic carbocycles. The van der Waals surface area contributed by atoms with Gasteiger partial charge in [0.2, 0.25) is 0 Å². The third-order valence-corrected chi connectivity index (χ3v) is 14.8. The van der Waals surface area contributed by atoms with Crippen molar-refractivity contribution < 1.29 is 0 Å². The third kappa shape index (κ3) is 5.14. The Kier molecular flexibility index (Phi) is 7.82. The molecule has 6 heteroatoms. The van der Waals surface area contributed by atoms with E-state index >= 15 is 0 Å². The zero-order chi connectivity index (χ0) is 46.2. The Labute approximate surface area is 400 Å². The molecule has 15 aromatic rings. The summed E-state index contributed by atoms with van der Waals surface area (Å²) >= 11 is 0. The van der Waals surface area contributed by atoms with Crippen molar-refractivity contribution in [2.24, 2.45) is 0 Å². The highest BCUT2D eigenvalue weighted by Crippen LogP contribution is 2.45. The monoisotopic (exact) mass is 888 g/mol. The average Bonchev–Trinajstić information content (AvgIpc) is 4.14. The topological polar surface area (TPSA) is 67.3 Å². The molecule has 0 saturated heterocycles. The highest BCUT2D eigenvalue weighted by molar-refractivity contribution is 6.27. The van der Waals surface area contributed by atoms with E-state index in [4.69, 9.17) is 0 Å². The van der Waals surface area contributed by atoms with Gasteiger partial charge < -0.3 is 18.3 Å². The number of hydrogen-bond donors (Lipinski definition) is 0. The molecule has 0 aliphatic carbocycles. The first-order chi connectivity index (χ1) is 34.7. The molecular weight excluding hydrogens is 853 g/mol. The van der Waals surface area contributed by atoms with Crippen molar-refractivity contribution in [1.29, 1.82) is 10.5 Å². The first kappa shape index (κ1) is 38.2. The average molecular weight is 889 g/mol. The molecule has 0 radical (unpaired) electrons. The Morgan fingerprint density at radius 2 is 0.629 bits per heavy atom. The van der Waals surface area contributed by atoms with Gasteiger partial charge in [0.05, 0.1) is 66.6 Å². The van der Waals surface area contributed by atoms with Crippen LogP contribution in [0.4, 0.5) is 0 Å². The Hall–Kier alpha value is -9.88. The maximum Gasteiger partial charge on any atom is 0.101 e. The molecule has 0 N–H and O–H groups in total. The van der Waals surface area contributed by atoms with Crippen LogP contribution in [0.3, 0.4) is 0 Å². The number of nitrogens with zero attached hydrogens (tertiary/aromatic N) is 6. The molecule has 0 unspecified atom stereocenters. The maximum absolute atomic E-state index is 11.5. The van der Waals surface area contributed by atoms with E-state index in [1.807, 2.05) is 24.3 Å². The first-order valence-corrected chi connectivity index (χ1v) is 23.5. The van der Waals surface area contributed by atoms with Crippen molar-refractivity contribution in [3.05, 3.63) is 230 Å². The van der Waals surface area contributed by atoms with Gasteiger partial charge in [0.15, 0.2) is 0 Å². The van der Waals surface area contributed by atoms with Gasteiger partial charge in [0.1, 0.15) is 12.1 Å². The van der Waals surface area contributed by atoms with Gasteiger partial charge in [-0.3, -0.25) is 0 Å². The first-order valence-electron chi connectivity index (χ1n) is 23.5. The van der Waals surface area contributed by atoms with Crippen LogP contribution >= 0.6 is 0 Å². The maximum atomic E-state index is 11.5. The molecule has 70 heavy (non-hydrogen) atoms. The SMILES string of the molecule is N#Cc1cc(-n2c3cc4c(cc3c3c5ccccc5ccc32)c2ccccc2n4-c2ccccc2)c(C#N)cc1-n1c2cc3c(cc2c2c4ccccc4ccc21)c1ccccc1n3-c1ccccc1. The second-order valence-electron chi connectivity index (χ2n) is 18.3. The number of benzene rings is 11. The fraction of sp³-hybridized carbons (Fsp3) is 0. The molecule has 0 saturated carbocycles. The van der Waals surface area contributed by atoms with Crippen LogP contribution in [-0.2, 0) is 0 Å². The number of rotatable bonds is 4. The quantitative estimate of drug-likeness (QED) is 0.177. The second-order valence-corrected chi connectivity index (χ2v) is 18.3. The standard InChI is InChI=1S/C64H36N6/c65-37-41-32-58(70-56-30-28-40-16-8-10-22-46(40)64(56)52-34-50-48-24-12-14-26-54(48)68(60(50)36-62(52)70)44-19-5-2-6-20-44)42(38-66)31-57(41)69-55-29-27-39-15-7-9-21-45(39)63(55)51-33-49-47-23-11-13-25-53(47)67(59(49)35-61(51)69)43-17-3-1-4-18-43/h1-36H. The Balaban J connectivity index is 1.07. The predicted molar refractivity (Wildman–Crippen MR) is 288 cm³/mol. The largest absolute Gasteiger partial charge is 0.309 e. The smallest absolute Gasteiger partial charge is 0.101 e. The van der Waals surface area contributed by atoms with Crippen molar-refractivity contribution in [2.75, 3.05) is 0 Å². The zero-order valence-corrected chi connectivity index (χ0v) is 37.5. The van der Waals surface area contributed by atoms with Gasteiger partial charge in [-0.25, -0.2) is 0 Å². The van der Waals surface area contributed by atoms with E-state index in [2.05, 4.69) is 225 Å². The molecule has 0 bridgehead atoms. The van der Waals surface area contributed by atoms with Crippen LogP contribution in [-0.4, -0.2) is 18.3 Å². The minimum Gasteiger partial charge on any atom is -0.309 e. The van der Waals surface area contributed by atoms with Crippen LogP contribution in [0.5, 0.6) is 0 Å². The minimum absolute atomic E-state index is 0.458. The number of hydrogen-bond acceptors (Lipinski definition) is 2. The molecule has 4 aromatic heterocycles. The van der Waals surface area contributed by atoms with Gasteiger partial charge in [-0.2, -0.15) is 10.5 Å². The van der Waals surface area contributed by atoms with Gasteiger partial charge in [-0.15, -0.1) is 0 Å². The fourth-order valence-electron chi connectivity index (χ4n) is 11.9. The van der Waals surface area contributed by atoms with E-state index < -0.39 is 0 Å². The molecule has 4 heterocycles. The Morgan fingerprint density at radius 3 is 1.06 bits per heavy atom. The minimum atomic E-state index is 0.458. The highest BCUT2D eigenvalue weighted by Gasteiger charge is 2.25. The summed E-state index contributed by atoms with van der Waals surface area (Å²) in [4.78, 5) is 0. The van der Waals surface area contributed by atoms with Crippen molar-refractivity contribution in [2.45, 2.75) is 0 Å². The fourth-order valence-corrected chi connectivity index (χ4v) is 11.9. The van der Waals surface area contributed by atoms with Crippen molar-refractivity contribution in [3.63, 3.8) is 0 Å². The lowest BCUT2D eigenvalue weighted by atomic mass is 10.0. The molecule has 0 atom stereocenters. The molecule has 0 aliphatic rings. The van der Waals surface area contributed by atoms with Crippen LogP contribution in [0.25, 0.3) is 132 Å². The molecule has 322 valence electrons. The van der Waals surface area contributed by atoms with E-state index in [9.17, 15) is 10.5 Å². The van der Waals surface area contributed by atoms with Crippen molar-refractivity contribution in [3.8, 4) is 34.9 Å². The van der Waals surface area contributed by atoms with E-state index in [0.717, 1.165) is 109 Å². The summed E-state index contributed by atoms with van der Waals surface area (Å²) in [6, 6.07) is 82.3. The van der Waals surface area contributed by atoms with Gasteiger partial charge in [-0.05, 0) is 106 Å². The van der Waals surface area contributed by atoms with Crippen LogP contribution in [0.15, 0.2) is 218 Å². The van der Waals surface area contributed by atoms with Gasteiger partial charge in [0.25, 0.3) is 0 Å². The Bertz CT molecular complexity index is 4530. The van der Waals surface area contributed by atoms with Gasteiger partial charge in [0, 0.05) is 54.5 Å². The van der Waals surface area contributed by atoms with Crippen molar-refractivity contribution in [1.82, 2.24) is 18.3 Å².